The maximum Gasteiger partial charge on any atom is 0.339 e. The normalized spacial score (nSPS) is 18.2. The lowest BCUT2D eigenvalue weighted by Gasteiger charge is -2.11. The van der Waals surface area contributed by atoms with E-state index in [1.807, 2.05) is 112 Å². The van der Waals surface area contributed by atoms with Crippen molar-refractivity contribution in [2.75, 3.05) is 0 Å². The highest BCUT2D eigenvalue weighted by molar-refractivity contribution is 5.94. The number of aromatic nitrogens is 4. The lowest BCUT2D eigenvalue weighted by atomic mass is 10.00. The summed E-state index contributed by atoms with van der Waals surface area (Å²) in [5.41, 5.74) is 7.17. The molecule has 4 aromatic heterocycles. The van der Waals surface area contributed by atoms with E-state index in [0.717, 1.165) is 39.1 Å². The second-order valence-electron chi connectivity index (χ2n) is 9.56. The summed E-state index contributed by atoms with van der Waals surface area (Å²) in [5.74, 6) is 0.435. The van der Waals surface area contributed by atoms with Crippen molar-refractivity contribution in [1.82, 2.24) is 18.8 Å². The summed E-state index contributed by atoms with van der Waals surface area (Å²) in [7, 11) is 0. The fourth-order valence-electron chi connectivity index (χ4n) is 5.26. The van der Waals surface area contributed by atoms with Gasteiger partial charge in [-0.1, -0.05) is 48.5 Å². The van der Waals surface area contributed by atoms with Gasteiger partial charge >= 0.3 is 5.97 Å². The minimum Gasteiger partial charge on any atom is -0.460 e. The first-order valence-electron chi connectivity index (χ1n) is 12.9. The van der Waals surface area contributed by atoms with E-state index in [-0.39, 0.29) is 12.1 Å². The third kappa shape index (κ3) is 4.20. The van der Waals surface area contributed by atoms with Crippen LogP contribution in [0.1, 0.15) is 50.6 Å². The molecule has 40 heavy (non-hydrogen) atoms. The monoisotopic (exact) mass is 528 g/mol. The Bertz CT molecular complexity index is 1900. The number of fused-ring (bicyclic) bond motifs is 4. The summed E-state index contributed by atoms with van der Waals surface area (Å²) in [5, 5.41) is 9.92. The number of carbonyl (C=O) groups is 1. The molecule has 0 radical (unpaired) electrons. The van der Waals surface area contributed by atoms with Crippen molar-refractivity contribution in [2.45, 2.75) is 18.8 Å². The molecule has 1 N–H and O–H groups in total. The fourth-order valence-corrected chi connectivity index (χ4v) is 5.26. The average Bonchev–Trinajstić information content (AvgIpc) is 3.77. The highest BCUT2D eigenvalue weighted by Crippen LogP contribution is 2.38. The number of carbonyl (C=O) groups excluding carboxylic acids is 1. The highest BCUT2D eigenvalue weighted by atomic mass is 16.6. The molecule has 8 rings (SSSR count). The number of cyclic esters (lactones) is 1. The summed E-state index contributed by atoms with van der Waals surface area (Å²) in [6.45, 7) is 0. The van der Waals surface area contributed by atoms with Crippen LogP contribution >= 0.6 is 0 Å². The molecular weight excluding hydrogens is 504 g/mol. The van der Waals surface area contributed by atoms with Gasteiger partial charge in [-0.15, -0.1) is 0 Å². The van der Waals surface area contributed by atoms with E-state index in [4.69, 9.17) is 9.47 Å². The molecule has 0 saturated heterocycles. The van der Waals surface area contributed by atoms with Gasteiger partial charge in [-0.25, -0.2) is 14.8 Å². The van der Waals surface area contributed by atoms with Gasteiger partial charge < -0.3 is 23.4 Å². The number of rotatable bonds is 3. The third-order valence-electron chi connectivity index (χ3n) is 7.15. The van der Waals surface area contributed by atoms with Gasteiger partial charge in [0, 0.05) is 65.9 Å². The number of hydrogen-bond acceptors (Lipinski definition) is 6. The van der Waals surface area contributed by atoms with Crippen LogP contribution in [-0.2, 0) is 15.9 Å². The molecule has 2 atom stereocenters. The predicted molar refractivity (Wildman–Crippen MR) is 149 cm³/mol. The molecule has 8 nitrogen and oxygen atoms in total. The van der Waals surface area contributed by atoms with Crippen LogP contribution in [0.2, 0.25) is 0 Å². The maximum absolute atomic E-state index is 11.8. The third-order valence-corrected chi connectivity index (χ3v) is 7.15. The van der Waals surface area contributed by atoms with Gasteiger partial charge in [0.25, 0.3) is 0 Å². The Labute approximate surface area is 229 Å². The minimum absolute atomic E-state index is 0.221. The summed E-state index contributed by atoms with van der Waals surface area (Å²) >= 11 is 0. The number of imidazole rings is 2. The largest absolute Gasteiger partial charge is 0.460 e. The number of hydrogen-bond donors (Lipinski definition) is 1. The zero-order chi connectivity index (χ0) is 27.1. The second-order valence-corrected chi connectivity index (χ2v) is 9.56. The van der Waals surface area contributed by atoms with Crippen molar-refractivity contribution < 1.29 is 19.4 Å². The number of esters is 1. The zero-order valence-corrected chi connectivity index (χ0v) is 21.3. The summed E-state index contributed by atoms with van der Waals surface area (Å²) in [6, 6.07) is 23.1. The van der Waals surface area contributed by atoms with Gasteiger partial charge in [-0.3, -0.25) is 0 Å². The summed E-state index contributed by atoms with van der Waals surface area (Å²) in [6.07, 6.45) is 12.7. The van der Waals surface area contributed by atoms with E-state index >= 15 is 0 Å². The first-order chi connectivity index (χ1) is 19.7. The zero-order valence-electron chi connectivity index (χ0n) is 21.3. The summed E-state index contributed by atoms with van der Waals surface area (Å²) < 4.78 is 14.9. The Hall–Kier alpha value is -5.21. The van der Waals surface area contributed by atoms with Crippen LogP contribution in [0.3, 0.4) is 0 Å². The molecule has 0 aliphatic carbocycles. The standard InChI is InChI=1S/2C16H12N2O2/c2*19-16-13-6-2-1-5-12(13)14(20-16)10-11-4-3-8-18-9-7-17-15(11)18/h1-9,14H,10H2;1-10,16,19H/b;14-10-. The van der Waals surface area contributed by atoms with Crippen LogP contribution in [0.25, 0.3) is 23.1 Å². The van der Waals surface area contributed by atoms with E-state index in [9.17, 15) is 9.90 Å². The smallest absolute Gasteiger partial charge is 0.339 e. The predicted octanol–water partition coefficient (Wildman–Crippen LogP) is 5.64. The molecule has 2 aliphatic heterocycles. The van der Waals surface area contributed by atoms with Crippen molar-refractivity contribution in [3.05, 3.63) is 143 Å². The minimum atomic E-state index is -0.892. The van der Waals surface area contributed by atoms with Crippen LogP contribution in [0, 0.1) is 0 Å². The lowest BCUT2D eigenvalue weighted by Crippen LogP contribution is -2.04. The SMILES string of the molecule is O=C1OC(Cc2cccn3ccnc23)c2ccccc21.OC1O/C(=C\c2cccn3ccnc23)c2ccccc21. The van der Waals surface area contributed by atoms with E-state index in [2.05, 4.69) is 9.97 Å². The Morgan fingerprint density at radius 1 is 0.750 bits per heavy atom. The Morgan fingerprint density at radius 2 is 1.43 bits per heavy atom. The van der Waals surface area contributed by atoms with Gasteiger partial charge in [-0.2, -0.15) is 0 Å². The molecule has 196 valence electrons. The molecule has 2 aromatic carbocycles. The van der Waals surface area contributed by atoms with Crippen molar-refractivity contribution in [3.8, 4) is 0 Å². The van der Waals surface area contributed by atoms with Gasteiger partial charge in [0.1, 0.15) is 23.2 Å². The number of aliphatic hydroxyl groups excluding tert-OH is 1. The molecule has 6 heterocycles. The van der Waals surface area contributed by atoms with Gasteiger partial charge in [-0.05, 0) is 35.9 Å². The van der Waals surface area contributed by atoms with Crippen LogP contribution in [0.5, 0.6) is 0 Å². The molecule has 0 spiro atoms. The second kappa shape index (κ2) is 9.83. The number of pyridine rings is 2. The maximum atomic E-state index is 11.8. The van der Waals surface area contributed by atoms with Crippen LogP contribution in [0.15, 0.2) is 110 Å². The van der Waals surface area contributed by atoms with Crippen molar-refractivity contribution in [3.63, 3.8) is 0 Å². The fraction of sp³-hybridized carbons (Fsp3) is 0.0938. The summed E-state index contributed by atoms with van der Waals surface area (Å²) in [4.78, 5) is 20.5. The average molecular weight is 529 g/mol. The Morgan fingerprint density at radius 3 is 2.25 bits per heavy atom. The van der Waals surface area contributed by atoms with Gasteiger partial charge in [0.2, 0.25) is 6.29 Å². The highest BCUT2D eigenvalue weighted by Gasteiger charge is 2.31. The molecule has 8 heteroatoms. The molecule has 2 unspecified atom stereocenters. The lowest BCUT2D eigenvalue weighted by molar-refractivity contribution is -0.0289. The molecule has 0 fully saturated rings. The number of aliphatic hydroxyl groups is 1. The van der Waals surface area contributed by atoms with E-state index in [1.165, 1.54) is 0 Å². The molecule has 0 saturated carbocycles. The van der Waals surface area contributed by atoms with Gasteiger partial charge in [0.05, 0.1) is 5.56 Å². The van der Waals surface area contributed by atoms with E-state index in [0.29, 0.717) is 17.7 Å². The quantitative estimate of drug-likeness (QED) is 0.299. The van der Waals surface area contributed by atoms with Crippen molar-refractivity contribution in [1.29, 1.82) is 0 Å². The van der Waals surface area contributed by atoms with Crippen molar-refractivity contribution >= 4 is 29.1 Å². The number of ether oxygens (including phenoxy) is 2. The Balaban J connectivity index is 0.000000132. The Kier molecular flexibility index (Phi) is 5.87. The molecular formula is C32H24N4O4. The first-order valence-corrected chi connectivity index (χ1v) is 12.9. The molecule has 0 bridgehead atoms. The number of nitrogens with zero attached hydrogens (tertiary/aromatic N) is 4. The van der Waals surface area contributed by atoms with Gasteiger partial charge in [0.15, 0.2) is 0 Å². The number of benzene rings is 2. The molecule has 6 aromatic rings. The van der Waals surface area contributed by atoms with Crippen LogP contribution in [0.4, 0.5) is 0 Å². The van der Waals surface area contributed by atoms with Crippen LogP contribution < -0.4 is 0 Å². The first kappa shape index (κ1) is 23.9. The topological polar surface area (TPSA) is 90.4 Å². The van der Waals surface area contributed by atoms with E-state index in [1.54, 1.807) is 12.4 Å². The molecule has 0 amide bonds. The van der Waals surface area contributed by atoms with Crippen molar-refractivity contribution in [2.24, 2.45) is 0 Å². The van der Waals surface area contributed by atoms with E-state index < -0.39 is 6.29 Å². The molecule has 2 aliphatic rings. The van der Waals surface area contributed by atoms with Crippen LogP contribution in [-0.4, -0.2) is 29.8 Å².